The van der Waals surface area contributed by atoms with Crippen molar-refractivity contribution < 1.29 is 74.8 Å². The van der Waals surface area contributed by atoms with Crippen LogP contribution in [-0.4, -0.2) is 0 Å². The van der Waals surface area contributed by atoms with Gasteiger partial charge in [-0.1, -0.05) is 35.4 Å². The minimum Gasteiger partial charge on any atom is -0.335 e. The summed E-state index contributed by atoms with van der Waals surface area (Å²) < 4.78 is 0. The fourth-order valence-electron chi connectivity index (χ4n) is 1.52. The Morgan fingerprint density at radius 3 is 1.10 bits per heavy atom. The van der Waals surface area contributed by atoms with Crippen molar-refractivity contribution in [2.75, 3.05) is 0 Å². The van der Waals surface area contributed by atoms with Crippen molar-refractivity contribution in [2.24, 2.45) is 0 Å². The van der Waals surface area contributed by atoms with Gasteiger partial charge in [0, 0.05) is 74.8 Å². The minimum atomic E-state index is 0. The number of benzene rings is 2. The maximum absolute atomic E-state index is 2.19. The summed E-state index contributed by atoms with van der Waals surface area (Å²) >= 11 is 0. The van der Waals surface area contributed by atoms with Gasteiger partial charge in [-0.25, -0.2) is 0 Å². The maximum atomic E-state index is 2.19. The standard InChI is InChI=1S/C15H15.C3H7.2W.Y/c1-12-3-7-14(8-4-12)11-15-9-5-13(2)6-10-15;1-3-2;;;/h3-11H,1-2H3;3H,1-2H3;;;/q2*-1;;;. The monoisotopic (exact) mass is 695 g/mol. The molecule has 0 saturated heterocycles. The quantitative estimate of drug-likeness (QED) is 0.383. The zero-order valence-electron chi connectivity index (χ0n) is 13.2. The molecule has 0 spiro atoms. The van der Waals surface area contributed by atoms with E-state index in [1.807, 2.05) is 20.3 Å². The van der Waals surface area contributed by atoms with Crippen LogP contribution in [0.4, 0.5) is 0 Å². The molecule has 0 saturated carbocycles. The Bertz CT molecular complexity index is 406. The Morgan fingerprint density at radius 2 is 0.857 bits per heavy atom. The molecule has 2 aromatic rings. The van der Waals surface area contributed by atoms with Crippen molar-refractivity contribution in [2.45, 2.75) is 27.7 Å². The van der Waals surface area contributed by atoms with E-state index in [1.54, 1.807) is 0 Å². The van der Waals surface area contributed by atoms with Gasteiger partial charge in [-0.3, -0.25) is 0 Å². The van der Waals surface area contributed by atoms with Crippen molar-refractivity contribution in [3.63, 3.8) is 0 Å². The van der Waals surface area contributed by atoms with Gasteiger partial charge in [0.1, 0.15) is 0 Å². The summed E-state index contributed by atoms with van der Waals surface area (Å²) in [6, 6.07) is 17.1. The zero-order valence-corrected chi connectivity index (χ0v) is 21.9. The summed E-state index contributed by atoms with van der Waals surface area (Å²) in [4.78, 5) is 0. The molecule has 2 aromatic carbocycles. The van der Waals surface area contributed by atoms with Gasteiger partial charge in [0.05, 0.1) is 0 Å². The predicted octanol–water partition coefficient (Wildman–Crippen LogP) is 5.13. The van der Waals surface area contributed by atoms with E-state index >= 15 is 0 Å². The summed E-state index contributed by atoms with van der Waals surface area (Å²) in [6.45, 7) is 8.21. The molecule has 2 rings (SSSR count). The normalized spacial score (nSPS) is 8.00. The molecule has 0 atom stereocenters. The van der Waals surface area contributed by atoms with Gasteiger partial charge in [-0.15, -0.1) is 41.8 Å². The van der Waals surface area contributed by atoms with E-state index in [0.717, 1.165) is 0 Å². The molecular formula is C18H22W2Y-2. The summed E-state index contributed by atoms with van der Waals surface area (Å²) in [5.41, 5.74) is 5.11. The average molecular weight is 695 g/mol. The van der Waals surface area contributed by atoms with E-state index in [0.29, 0.717) is 0 Å². The van der Waals surface area contributed by atoms with Crippen LogP contribution < -0.4 is 0 Å². The number of hydrogen-bond donors (Lipinski definition) is 0. The number of aryl methyl sites for hydroxylation is 2. The minimum absolute atomic E-state index is 0. The molecule has 21 heavy (non-hydrogen) atoms. The van der Waals surface area contributed by atoms with Crippen LogP contribution in [0.1, 0.15) is 36.1 Å². The molecule has 0 heterocycles. The van der Waals surface area contributed by atoms with Crippen molar-refractivity contribution in [3.8, 4) is 0 Å². The van der Waals surface area contributed by atoms with E-state index in [-0.39, 0.29) is 74.8 Å². The van der Waals surface area contributed by atoms with E-state index in [9.17, 15) is 0 Å². The van der Waals surface area contributed by atoms with E-state index < -0.39 is 0 Å². The van der Waals surface area contributed by atoms with Crippen LogP contribution in [0.3, 0.4) is 0 Å². The van der Waals surface area contributed by atoms with Gasteiger partial charge >= 0.3 is 0 Å². The molecule has 0 unspecified atom stereocenters. The molecule has 0 aromatic heterocycles. The topological polar surface area (TPSA) is 0 Å². The molecule has 0 aliphatic carbocycles. The Labute approximate surface area is 184 Å². The molecule has 0 aliphatic heterocycles. The van der Waals surface area contributed by atoms with Crippen LogP contribution in [0.25, 0.3) is 0 Å². The third kappa shape index (κ3) is 11.9. The van der Waals surface area contributed by atoms with Gasteiger partial charge in [0.25, 0.3) is 0 Å². The second kappa shape index (κ2) is 15.7. The SMILES string of the molecule is C[CH-]C.Cc1ccc([CH-]c2ccc(C)cc2)cc1.[W].[W].[Y]. The number of rotatable bonds is 2. The van der Waals surface area contributed by atoms with E-state index in [4.69, 9.17) is 0 Å². The first-order valence-electron chi connectivity index (χ1n) is 6.37. The smallest absolute Gasteiger partial charge is 0 e. The van der Waals surface area contributed by atoms with Crippen LogP contribution in [0.2, 0.25) is 0 Å². The van der Waals surface area contributed by atoms with Crippen molar-refractivity contribution in [3.05, 3.63) is 83.6 Å². The van der Waals surface area contributed by atoms with Gasteiger partial charge in [0.15, 0.2) is 0 Å². The van der Waals surface area contributed by atoms with Crippen molar-refractivity contribution in [1.29, 1.82) is 0 Å². The third-order valence-electron chi connectivity index (χ3n) is 2.49. The molecule has 1 radical (unpaired) electrons. The summed E-state index contributed by atoms with van der Waals surface area (Å²) in [7, 11) is 0. The molecule has 0 nitrogen and oxygen atoms in total. The summed E-state index contributed by atoms with van der Waals surface area (Å²) in [5.74, 6) is 0. The first-order valence-corrected chi connectivity index (χ1v) is 6.37. The molecule has 111 valence electrons. The van der Waals surface area contributed by atoms with Crippen LogP contribution in [0.5, 0.6) is 0 Å². The second-order valence-corrected chi connectivity index (χ2v) is 4.54. The molecule has 0 amide bonds. The first kappa shape index (κ1) is 26.7. The molecule has 0 aliphatic rings. The van der Waals surface area contributed by atoms with Gasteiger partial charge in [-0.2, -0.15) is 13.8 Å². The first-order chi connectivity index (χ1) is 8.65. The largest absolute Gasteiger partial charge is 0.335 e. The molecule has 0 bridgehead atoms. The van der Waals surface area contributed by atoms with E-state index in [2.05, 4.69) is 68.8 Å². The Hall–Kier alpha value is 0.791. The third-order valence-corrected chi connectivity index (χ3v) is 2.49. The fraction of sp³-hybridized carbons (Fsp3) is 0.222. The molecule has 0 N–H and O–H groups in total. The van der Waals surface area contributed by atoms with Crippen LogP contribution in [-0.2, 0) is 74.8 Å². The van der Waals surface area contributed by atoms with E-state index in [1.165, 1.54) is 22.3 Å². The maximum Gasteiger partial charge on any atom is 0 e. The summed E-state index contributed by atoms with van der Waals surface area (Å²) in [6.07, 6.45) is 4.19. The van der Waals surface area contributed by atoms with Crippen LogP contribution in [0, 0.1) is 26.7 Å². The Morgan fingerprint density at radius 1 is 0.619 bits per heavy atom. The Balaban J connectivity index is -0.000000500. The predicted molar refractivity (Wildman–Crippen MR) is 80.5 cm³/mol. The van der Waals surface area contributed by atoms with Crippen LogP contribution >= 0.6 is 0 Å². The van der Waals surface area contributed by atoms with Crippen molar-refractivity contribution >= 4 is 0 Å². The fourth-order valence-corrected chi connectivity index (χ4v) is 1.52. The molecule has 0 fully saturated rings. The van der Waals surface area contributed by atoms with Gasteiger partial charge < -0.3 is 6.42 Å². The van der Waals surface area contributed by atoms with Crippen molar-refractivity contribution in [1.82, 2.24) is 0 Å². The van der Waals surface area contributed by atoms with Crippen LogP contribution in [0.15, 0.2) is 48.5 Å². The molecule has 3 heteroatoms. The van der Waals surface area contributed by atoms with Gasteiger partial charge in [-0.05, 0) is 13.8 Å². The Kier molecular flexibility index (Phi) is 19.9. The second-order valence-electron chi connectivity index (χ2n) is 4.54. The number of hydrogen-bond acceptors (Lipinski definition) is 0. The van der Waals surface area contributed by atoms with Gasteiger partial charge in [0.2, 0.25) is 0 Å². The zero-order chi connectivity index (χ0) is 13.4. The molecular weight excluding hydrogens is 673 g/mol. The average Bonchev–Trinajstić information content (AvgIpc) is 2.36. The summed E-state index contributed by atoms with van der Waals surface area (Å²) in [5, 5.41) is 0.